The predicted molar refractivity (Wildman–Crippen MR) is 68.9 cm³/mol. The van der Waals surface area contributed by atoms with Gasteiger partial charge < -0.3 is 11.1 Å². The molecule has 3 N–H and O–H groups in total. The van der Waals surface area contributed by atoms with Gasteiger partial charge in [0.15, 0.2) is 0 Å². The largest absolute Gasteiger partial charge is 0.405 e. The fourth-order valence-electron chi connectivity index (χ4n) is 3.37. The zero-order valence-corrected chi connectivity index (χ0v) is 11.6. The summed E-state index contributed by atoms with van der Waals surface area (Å²) in [6.07, 6.45) is -1.16. The monoisotopic (exact) mass is 293 g/mol. The molecule has 1 heterocycles. The van der Waals surface area contributed by atoms with Crippen LogP contribution in [0.2, 0.25) is 0 Å². The van der Waals surface area contributed by atoms with Crippen molar-refractivity contribution in [1.82, 2.24) is 10.2 Å². The Kier molecular flexibility index (Phi) is 4.59. The van der Waals surface area contributed by atoms with Crippen LogP contribution in [0.25, 0.3) is 0 Å². The molecule has 0 aromatic rings. The number of carbonyl (C=O) groups excluding carboxylic acids is 1. The highest BCUT2D eigenvalue weighted by molar-refractivity contribution is 5.81. The van der Waals surface area contributed by atoms with Crippen molar-refractivity contribution in [3.8, 4) is 0 Å². The summed E-state index contributed by atoms with van der Waals surface area (Å²) in [4.78, 5) is 13.7. The summed E-state index contributed by atoms with van der Waals surface area (Å²) in [5, 5.41) is 1.95. The van der Waals surface area contributed by atoms with Gasteiger partial charge in [-0.25, -0.2) is 0 Å². The van der Waals surface area contributed by atoms with Crippen LogP contribution in [0.1, 0.15) is 26.2 Å². The number of rotatable bonds is 3. The Morgan fingerprint density at radius 3 is 2.70 bits per heavy atom. The van der Waals surface area contributed by atoms with Crippen LogP contribution in [0.4, 0.5) is 13.2 Å². The van der Waals surface area contributed by atoms with E-state index >= 15 is 0 Å². The number of nitrogens with zero attached hydrogens (tertiary/aromatic N) is 1. The van der Waals surface area contributed by atoms with Crippen LogP contribution >= 0.6 is 0 Å². The third-order valence-electron chi connectivity index (χ3n) is 4.57. The van der Waals surface area contributed by atoms with E-state index in [0.717, 1.165) is 25.8 Å². The molecule has 0 spiro atoms. The van der Waals surface area contributed by atoms with Crippen molar-refractivity contribution >= 4 is 5.91 Å². The summed E-state index contributed by atoms with van der Waals surface area (Å²) in [5.74, 6) is 0.299. The Morgan fingerprint density at radius 2 is 2.10 bits per heavy atom. The van der Waals surface area contributed by atoms with Crippen molar-refractivity contribution in [2.45, 2.75) is 44.4 Å². The second-order valence-corrected chi connectivity index (χ2v) is 5.98. The molecular weight excluding hydrogens is 271 g/mol. The Morgan fingerprint density at radius 1 is 1.40 bits per heavy atom. The number of hydrogen-bond donors (Lipinski definition) is 2. The highest BCUT2D eigenvalue weighted by atomic mass is 19.4. The summed E-state index contributed by atoms with van der Waals surface area (Å²) >= 11 is 0. The van der Waals surface area contributed by atoms with E-state index in [2.05, 4.69) is 0 Å². The molecule has 0 radical (unpaired) electrons. The third-order valence-corrected chi connectivity index (χ3v) is 4.57. The third kappa shape index (κ3) is 3.63. The van der Waals surface area contributed by atoms with E-state index in [1.54, 1.807) is 6.92 Å². The molecule has 1 amide bonds. The molecule has 1 aliphatic heterocycles. The first-order chi connectivity index (χ1) is 9.28. The highest BCUT2D eigenvalue weighted by Gasteiger charge is 2.41. The van der Waals surface area contributed by atoms with E-state index in [4.69, 9.17) is 5.73 Å². The number of amides is 1. The molecule has 0 bridgehead atoms. The van der Waals surface area contributed by atoms with Crippen LogP contribution < -0.4 is 11.1 Å². The number of nitrogens with two attached hydrogens (primary N) is 1. The molecule has 1 aliphatic carbocycles. The first-order valence-electron chi connectivity index (χ1n) is 7.12. The van der Waals surface area contributed by atoms with Gasteiger partial charge in [-0.3, -0.25) is 9.69 Å². The molecule has 20 heavy (non-hydrogen) atoms. The van der Waals surface area contributed by atoms with Gasteiger partial charge in [-0.1, -0.05) is 6.42 Å². The minimum Gasteiger partial charge on any atom is -0.346 e. The lowest BCUT2D eigenvalue weighted by Crippen LogP contribution is -2.47. The maximum absolute atomic E-state index is 12.1. The Hall–Kier alpha value is -0.820. The molecule has 4 atom stereocenters. The van der Waals surface area contributed by atoms with Crippen LogP contribution in [0.15, 0.2) is 0 Å². The SMILES string of the molecule is CC(C(=O)NCC(F)(F)F)N1CC2CCCC(N)C2C1. The molecule has 4 nitrogen and oxygen atoms in total. The normalized spacial score (nSPS) is 32.8. The molecule has 2 rings (SSSR count). The van der Waals surface area contributed by atoms with Crippen molar-refractivity contribution < 1.29 is 18.0 Å². The first-order valence-corrected chi connectivity index (χ1v) is 7.12. The van der Waals surface area contributed by atoms with Gasteiger partial charge in [-0.05, 0) is 31.6 Å². The first kappa shape index (κ1) is 15.6. The molecule has 1 saturated carbocycles. The van der Waals surface area contributed by atoms with Gasteiger partial charge in [-0.2, -0.15) is 13.2 Å². The Balaban J connectivity index is 1.87. The predicted octanol–water partition coefficient (Wildman–Crippen LogP) is 1.11. The molecule has 0 aromatic carbocycles. The van der Waals surface area contributed by atoms with E-state index in [1.165, 1.54) is 0 Å². The number of fused-ring (bicyclic) bond motifs is 1. The van der Waals surface area contributed by atoms with Crippen molar-refractivity contribution in [2.75, 3.05) is 19.6 Å². The minimum absolute atomic E-state index is 0.157. The summed E-state index contributed by atoms with van der Waals surface area (Å²) in [6, 6.07) is -0.376. The second-order valence-electron chi connectivity index (χ2n) is 5.98. The van der Waals surface area contributed by atoms with Crippen LogP contribution in [0.3, 0.4) is 0 Å². The number of likely N-dealkylation sites (tertiary alicyclic amines) is 1. The van der Waals surface area contributed by atoms with E-state index in [1.807, 2.05) is 10.2 Å². The van der Waals surface area contributed by atoms with Crippen LogP contribution in [-0.2, 0) is 4.79 Å². The van der Waals surface area contributed by atoms with Gasteiger partial charge in [-0.15, -0.1) is 0 Å². The minimum atomic E-state index is -4.36. The molecule has 116 valence electrons. The fourth-order valence-corrected chi connectivity index (χ4v) is 3.37. The van der Waals surface area contributed by atoms with Gasteiger partial charge >= 0.3 is 6.18 Å². The number of alkyl halides is 3. The lowest BCUT2D eigenvalue weighted by molar-refractivity contribution is -0.141. The maximum Gasteiger partial charge on any atom is 0.405 e. The van der Waals surface area contributed by atoms with E-state index in [-0.39, 0.29) is 6.04 Å². The number of nitrogens with one attached hydrogen (secondary N) is 1. The van der Waals surface area contributed by atoms with Crippen molar-refractivity contribution in [3.63, 3.8) is 0 Å². The van der Waals surface area contributed by atoms with Gasteiger partial charge in [0.1, 0.15) is 6.54 Å². The topological polar surface area (TPSA) is 58.4 Å². The lowest BCUT2D eigenvalue weighted by Gasteiger charge is -2.30. The number of halogens is 3. The van der Waals surface area contributed by atoms with Crippen LogP contribution in [0.5, 0.6) is 0 Å². The second kappa shape index (κ2) is 5.89. The zero-order valence-electron chi connectivity index (χ0n) is 11.6. The molecule has 1 saturated heterocycles. The van der Waals surface area contributed by atoms with E-state index in [9.17, 15) is 18.0 Å². The molecule has 7 heteroatoms. The van der Waals surface area contributed by atoms with Gasteiger partial charge in [0.05, 0.1) is 6.04 Å². The summed E-state index contributed by atoms with van der Waals surface area (Å²) in [6.45, 7) is 1.87. The van der Waals surface area contributed by atoms with Gasteiger partial charge in [0.25, 0.3) is 0 Å². The summed E-state index contributed by atoms with van der Waals surface area (Å²) < 4.78 is 36.3. The molecule has 0 aromatic heterocycles. The standard InChI is InChI=1S/C13H22F3N3O/c1-8(12(20)18-7-13(14,15)16)19-5-9-3-2-4-11(17)10(9)6-19/h8-11H,2-7,17H2,1H3,(H,18,20). The van der Waals surface area contributed by atoms with Crippen LogP contribution in [0, 0.1) is 11.8 Å². The van der Waals surface area contributed by atoms with Crippen molar-refractivity contribution in [1.29, 1.82) is 0 Å². The summed E-state index contributed by atoms with van der Waals surface area (Å²) in [7, 11) is 0. The molecular formula is C13H22F3N3O. The van der Waals surface area contributed by atoms with E-state index in [0.29, 0.717) is 18.4 Å². The van der Waals surface area contributed by atoms with Crippen molar-refractivity contribution in [3.05, 3.63) is 0 Å². The quantitative estimate of drug-likeness (QED) is 0.819. The molecule has 4 unspecified atom stereocenters. The fraction of sp³-hybridized carbons (Fsp3) is 0.923. The lowest BCUT2D eigenvalue weighted by atomic mass is 9.78. The highest BCUT2D eigenvalue weighted by Crippen LogP contribution is 2.36. The summed E-state index contributed by atoms with van der Waals surface area (Å²) in [5.41, 5.74) is 6.10. The Labute approximate surface area is 116 Å². The zero-order chi connectivity index (χ0) is 14.9. The average Bonchev–Trinajstić information content (AvgIpc) is 2.79. The van der Waals surface area contributed by atoms with Gasteiger partial charge in [0.2, 0.25) is 5.91 Å². The average molecular weight is 293 g/mol. The number of carbonyl (C=O) groups is 1. The molecule has 2 aliphatic rings. The van der Waals surface area contributed by atoms with Crippen molar-refractivity contribution in [2.24, 2.45) is 17.6 Å². The van der Waals surface area contributed by atoms with E-state index < -0.39 is 24.7 Å². The van der Waals surface area contributed by atoms with Gasteiger partial charge in [0, 0.05) is 19.1 Å². The maximum atomic E-state index is 12.1. The smallest absolute Gasteiger partial charge is 0.346 e. The molecule has 2 fully saturated rings. The Bertz CT molecular complexity index is 361. The number of hydrogen-bond acceptors (Lipinski definition) is 3. The van der Waals surface area contributed by atoms with Crippen LogP contribution in [-0.4, -0.2) is 48.7 Å².